The van der Waals surface area contributed by atoms with Crippen LogP contribution >= 0.6 is 0 Å². The van der Waals surface area contributed by atoms with Crippen molar-refractivity contribution in [3.05, 3.63) is 23.3 Å². The Morgan fingerprint density at radius 2 is 1.74 bits per heavy atom. The van der Waals surface area contributed by atoms with Crippen LogP contribution in [0.2, 0.25) is 0 Å². The largest absolute Gasteiger partial charge is 0.573 e. The van der Waals surface area contributed by atoms with Gasteiger partial charge in [0.05, 0.1) is 5.56 Å². The van der Waals surface area contributed by atoms with Crippen molar-refractivity contribution >= 4 is 5.97 Å². The summed E-state index contributed by atoms with van der Waals surface area (Å²) in [6.45, 7) is 0. The van der Waals surface area contributed by atoms with Crippen LogP contribution in [0.4, 0.5) is 30.7 Å². The number of nitrogens with zero attached hydrogens (tertiary/aromatic N) is 1. The number of aromatic carboxylic acids is 1. The maximum absolute atomic E-state index is 12.9. The lowest BCUT2D eigenvalue weighted by atomic mass is 10.2. The zero-order valence-electron chi connectivity index (χ0n) is 8.43. The van der Waals surface area contributed by atoms with Crippen LogP contribution in [0.1, 0.15) is 16.1 Å². The highest BCUT2D eigenvalue weighted by Gasteiger charge is 2.40. The molecule has 1 N–H and O–H groups in total. The third-order valence-electron chi connectivity index (χ3n) is 1.68. The van der Waals surface area contributed by atoms with Gasteiger partial charge in [-0.15, -0.1) is 13.2 Å². The number of carboxylic acid groups (broad SMARTS) is 1. The minimum absolute atomic E-state index is 0.417. The van der Waals surface area contributed by atoms with Crippen molar-refractivity contribution in [2.45, 2.75) is 12.5 Å². The van der Waals surface area contributed by atoms with Crippen molar-refractivity contribution in [1.82, 2.24) is 4.98 Å². The Kier molecular flexibility index (Phi) is 3.59. The smallest absolute Gasteiger partial charge is 0.476 e. The average molecular weight is 293 g/mol. The molecule has 0 atom stereocenters. The molecule has 0 saturated carbocycles. The second-order valence-electron chi connectivity index (χ2n) is 3.02. The van der Waals surface area contributed by atoms with Gasteiger partial charge in [-0.3, -0.25) is 0 Å². The number of hydrogen-bond donors (Lipinski definition) is 1. The fourth-order valence-electron chi connectivity index (χ4n) is 1.05. The van der Waals surface area contributed by atoms with Crippen molar-refractivity contribution in [2.24, 2.45) is 0 Å². The van der Waals surface area contributed by atoms with Crippen molar-refractivity contribution in [1.29, 1.82) is 0 Å². The molecule has 0 aromatic carbocycles. The van der Waals surface area contributed by atoms with E-state index >= 15 is 0 Å². The molecule has 0 aliphatic carbocycles. The molecular weight excluding hydrogens is 291 g/mol. The predicted octanol–water partition coefficient (Wildman–Crippen LogP) is 2.84. The van der Waals surface area contributed by atoms with Gasteiger partial charge in [0.2, 0.25) is 0 Å². The highest BCUT2D eigenvalue weighted by atomic mass is 19.4. The van der Waals surface area contributed by atoms with Crippen LogP contribution in [-0.2, 0) is 6.18 Å². The number of ether oxygens (including phenoxy) is 1. The van der Waals surface area contributed by atoms with Crippen LogP contribution < -0.4 is 4.74 Å². The highest BCUT2D eigenvalue weighted by Crippen LogP contribution is 2.35. The summed E-state index contributed by atoms with van der Waals surface area (Å²) in [5, 5.41) is 8.38. The molecule has 0 saturated heterocycles. The van der Waals surface area contributed by atoms with E-state index in [9.17, 15) is 35.5 Å². The van der Waals surface area contributed by atoms with E-state index in [2.05, 4.69) is 9.72 Å². The predicted molar refractivity (Wildman–Crippen MR) is 42.8 cm³/mol. The Morgan fingerprint density at radius 1 is 1.21 bits per heavy atom. The standard InChI is InChI=1S/C8H2F7NO3/c9-5-3(19-8(13,14)15)1-2(7(10,11)12)4(16-5)6(17)18/h1H,(H,17,18). The topological polar surface area (TPSA) is 59.4 Å². The van der Waals surface area contributed by atoms with E-state index in [0.717, 1.165) is 0 Å². The second-order valence-corrected chi connectivity index (χ2v) is 3.02. The van der Waals surface area contributed by atoms with Crippen LogP contribution in [-0.4, -0.2) is 22.4 Å². The SMILES string of the molecule is O=C(O)c1nc(F)c(OC(F)(F)F)cc1C(F)(F)F. The first kappa shape index (κ1) is 15.0. The number of rotatable bonds is 2. The summed E-state index contributed by atoms with van der Waals surface area (Å²) in [6, 6.07) is -0.417. The van der Waals surface area contributed by atoms with E-state index in [-0.39, 0.29) is 0 Å². The van der Waals surface area contributed by atoms with Gasteiger partial charge < -0.3 is 9.84 Å². The third kappa shape index (κ3) is 3.69. The molecule has 0 radical (unpaired) electrons. The van der Waals surface area contributed by atoms with Gasteiger partial charge in [-0.2, -0.15) is 17.6 Å². The van der Waals surface area contributed by atoms with Crippen LogP contribution in [0, 0.1) is 5.95 Å². The number of carbonyl (C=O) groups is 1. The summed E-state index contributed by atoms with van der Waals surface area (Å²) in [5.41, 5.74) is -3.82. The molecule has 0 spiro atoms. The summed E-state index contributed by atoms with van der Waals surface area (Å²) in [6.07, 6.45) is -10.8. The molecule has 0 amide bonds. The van der Waals surface area contributed by atoms with Gasteiger partial charge in [-0.05, 0) is 6.07 Å². The van der Waals surface area contributed by atoms with Gasteiger partial charge >= 0.3 is 18.5 Å². The maximum Gasteiger partial charge on any atom is 0.573 e. The lowest BCUT2D eigenvalue weighted by Gasteiger charge is -2.13. The maximum atomic E-state index is 12.9. The van der Waals surface area contributed by atoms with Crippen LogP contribution in [0.5, 0.6) is 5.75 Å². The quantitative estimate of drug-likeness (QED) is 0.673. The first-order valence-corrected chi connectivity index (χ1v) is 4.18. The first-order chi connectivity index (χ1) is 8.42. The van der Waals surface area contributed by atoms with Gasteiger partial charge in [0.15, 0.2) is 11.4 Å². The Balaban J connectivity index is 3.43. The number of pyridine rings is 1. The van der Waals surface area contributed by atoms with E-state index in [1.807, 2.05) is 0 Å². The van der Waals surface area contributed by atoms with Crippen LogP contribution in [0.3, 0.4) is 0 Å². The van der Waals surface area contributed by atoms with Gasteiger partial charge in [0, 0.05) is 0 Å². The molecule has 11 heteroatoms. The summed E-state index contributed by atoms with van der Waals surface area (Å²) < 4.78 is 88.5. The van der Waals surface area contributed by atoms with E-state index in [0.29, 0.717) is 0 Å². The molecule has 0 fully saturated rings. The number of hydrogen-bond acceptors (Lipinski definition) is 3. The van der Waals surface area contributed by atoms with Crippen molar-refractivity contribution in [2.75, 3.05) is 0 Å². The zero-order chi connectivity index (χ0) is 15.0. The van der Waals surface area contributed by atoms with Gasteiger partial charge in [0.25, 0.3) is 5.95 Å². The van der Waals surface area contributed by atoms with Crippen LogP contribution in [0.25, 0.3) is 0 Å². The fourth-order valence-corrected chi connectivity index (χ4v) is 1.05. The number of carboxylic acids is 1. The Hall–Kier alpha value is -2.07. The zero-order valence-corrected chi connectivity index (χ0v) is 8.43. The van der Waals surface area contributed by atoms with Crippen molar-refractivity contribution < 1.29 is 45.4 Å². The molecule has 1 aromatic rings. The summed E-state index contributed by atoms with van der Waals surface area (Å²) in [7, 11) is 0. The lowest BCUT2D eigenvalue weighted by molar-refractivity contribution is -0.276. The number of alkyl halides is 6. The number of halogens is 7. The molecule has 0 bridgehead atoms. The molecule has 0 aliphatic heterocycles. The first-order valence-electron chi connectivity index (χ1n) is 4.18. The van der Waals surface area contributed by atoms with Gasteiger partial charge in [-0.25, -0.2) is 9.78 Å². The summed E-state index contributed by atoms with van der Waals surface area (Å²) in [4.78, 5) is 12.7. The van der Waals surface area contributed by atoms with Gasteiger partial charge in [-0.1, -0.05) is 0 Å². The third-order valence-corrected chi connectivity index (χ3v) is 1.68. The molecule has 106 valence electrons. The Labute approximate surface area is 99.0 Å². The molecule has 19 heavy (non-hydrogen) atoms. The molecule has 1 aromatic heterocycles. The molecule has 0 unspecified atom stereocenters. The van der Waals surface area contributed by atoms with Gasteiger partial charge in [0.1, 0.15) is 0 Å². The Morgan fingerprint density at radius 3 is 2.11 bits per heavy atom. The fraction of sp³-hybridized carbons (Fsp3) is 0.250. The van der Waals surface area contributed by atoms with E-state index in [4.69, 9.17) is 5.11 Å². The molecule has 0 aliphatic rings. The monoisotopic (exact) mass is 293 g/mol. The molecule has 4 nitrogen and oxygen atoms in total. The molecule has 1 rings (SSSR count). The minimum atomic E-state index is -5.45. The van der Waals surface area contributed by atoms with Crippen LogP contribution in [0.15, 0.2) is 6.07 Å². The highest BCUT2D eigenvalue weighted by molar-refractivity contribution is 5.87. The van der Waals surface area contributed by atoms with E-state index in [1.165, 1.54) is 0 Å². The van der Waals surface area contributed by atoms with Crippen molar-refractivity contribution in [3.8, 4) is 5.75 Å². The molecular formula is C8H2F7NO3. The minimum Gasteiger partial charge on any atom is -0.476 e. The molecule has 1 heterocycles. The Bertz CT molecular complexity index is 508. The summed E-state index contributed by atoms with van der Waals surface area (Å²) in [5.74, 6) is -6.24. The van der Waals surface area contributed by atoms with E-state index < -0.39 is 47.5 Å². The lowest BCUT2D eigenvalue weighted by Crippen LogP contribution is -2.21. The van der Waals surface area contributed by atoms with E-state index in [1.54, 1.807) is 0 Å². The van der Waals surface area contributed by atoms with Crippen molar-refractivity contribution in [3.63, 3.8) is 0 Å². The second kappa shape index (κ2) is 4.55. The average Bonchev–Trinajstić information content (AvgIpc) is 2.16. The normalized spacial score (nSPS) is 12.4. The number of aromatic nitrogens is 1. The summed E-state index contributed by atoms with van der Waals surface area (Å²) >= 11 is 0.